The largest absolute Gasteiger partial charge is 0.497 e. The van der Waals surface area contributed by atoms with Gasteiger partial charge in [0.1, 0.15) is 22.4 Å². The molecule has 0 radical (unpaired) electrons. The molecule has 17 heavy (non-hydrogen) atoms. The van der Waals surface area contributed by atoms with E-state index in [0.717, 1.165) is 27.2 Å². The second-order valence-electron chi connectivity index (χ2n) is 3.33. The number of hydrogen-bond donors (Lipinski definition) is 0. The van der Waals surface area contributed by atoms with Crippen molar-refractivity contribution in [2.75, 3.05) is 14.2 Å². The Labute approximate surface area is 108 Å². The molecular weight excluding hydrogens is 284 g/mol. The molecule has 0 fully saturated rings. The minimum Gasteiger partial charge on any atom is -0.497 e. The zero-order valence-corrected chi connectivity index (χ0v) is 11.1. The van der Waals surface area contributed by atoms with Crippen molar-refractivity contribution < 1.29 is 9.47 Å². The minimum atomic E-state index is 0.732. The highest BCUT2D eigenvalue weighted by Gasteiger charge is 2.08. The number of methoxy groups -OCH3 is 2. The molecule has 88 valence electrons. The standard InChI is InChI=1S/C12H11BrN2O2/c1-16-9-3-8(4-10(5-9)17-2)11-6-14-7-15-12(11)13/h3-7H,1-2H3. The number of ether oxygens (including phenoxy) is 2. The third kappa shape index (κ3) is 2.55. The Morgan fingerprint density at radius 3 is 2.24 bits per heavy atom. The lowest BCUT2D eigenvalue weighted by molar-refractivity contribution is 0.394. The summed E-state index contributed by atoms with van der Waals surface area (Å²) in [7, 11) is 3.24. The molecule has 1 aromatic carbocycles. The molecule has 0 aliphatic rings. The summed E-state index contributed by atoms with van der Waals surface area (Å²) >= 11 is 3.39. The van der Waals surface area contributed by atoms with E-state index in [0.29, 0.717) is 0 Å². The lowest BCUT2D eigenvalue weighted by Crippen LogP contribution is -1.90. The fraction of sp³-hybridized carbons (Fsp3) is 0.167. The van der Waals surface area contributed by atoms with Gasteiger partial charge in [-0.15, -0.1) is 0 Å². The summed E-state index contributed by atoms with van der Waals surface area (Å²) in [6, 6.07) is 5.64. The van der Waals surface area contributed by atoms with Crippen LogP contribution in [-0.4, -0.2) is 24.2 Å². The molecule has 0 aliphatic heterocycles. The minimum absolute atomic E-state index is 0.732. The molecule has 0 saturated carbocycles. The van der Waals surface area contributed by atoms with E-state index in [9.17, 15) is 0 Å². The van der Waals surface area contributed by atoms with Gasteiger partial charge < -0.3 is 9.47 Å². The van der Waals surface area contributed by atoms with Crippen LogP contribution < -0.4 is 9.47 Å². The highest BCUT2D eigenvalue weighted by molar-refractivity contribution is 9.10. The fourth-order valence-electron chi connectivity index (χ4n) is 1.47. The topological polar surface area (TPSA) is 44.2 Å². The maximum absolute atomic E-state index is 5.22. The van der Waals surface area contributed by atoms with E-state index >= 15 is 0 Å². The van der Waals surface area contributed by atoms with Crippen LogP contribution in [0.3, 0.4) is 0 Å². The molecule has 0 unspecified atom stereocenters. The molecule has 1 aromatic heterocycles. The number of aromatic nitrogens is 2. The molecule has 4 nitrogen and oxygen atoms in total. The molecule has 0 aliphatic carbocycles. The summed E-state index contributed by atoms with van der Waals surface area (Å²) < 4.78 is 11.2. The average molecular weight is 295 g/mol. The Kier molecular flexibility index (Phi) is 3.58. The van der Waals surface area contributed by atoms with Crippen molar-refractivity contribution in [3.63, 3.8) is 0 Å². The molecule has 2 aromatic rings. The normalized spacial score (nSPS) is 10.1. The quantitative estimate of drug-likeness (QED) is 0.817. The molecule has 0 spiro atoms. The molecule has 2 rings (SSSR count). The van der Waals surface area contributed by atoms with Crippen LogP contribution in [-0.2, 0) is 0 Å². The maximum Gasteiger partial charge on any atom is 0.123 e. The zero-order chi connectivity index (χ0) is 12.3. The lowest BCUT2D eigenvalue weighted by atomic mass is 10.1. The van der Waals surface area contributed by atoms with Gasteiger partial charge in [-0.3, -0.25) is 0 Å². The fourth-order valence-corrected chi connectivity index (χ4v) is 1.89. The number of benzene rings is 1. The third-order valence-electron chi connectivity index (χ3n) is 2.33. The van der Waals surface area contributed by atoms with Crippen LogP contribution in [0.15, 0.2) is 35.3 Å². The number of halogens is 1. The first-order valence-electron chi connectivity index (χ1n) is 4.93. The third-order valence-corrected chi connectivity index (χ3v) is 2.96. The van der Waals surface area contributed by atoms with E-state index in [1.165, 1.54) is 6.33 Å². The van der Waals surface area contributed by atoms with Crippen LogP contribution in [0, 0.1) is 0 Å². The van der Waals surface area contributed by atoms with Crippen molar-refractivity contribution in [2.45, 2.75) is 0 Å². The summed E-state index contributed by atoms with van der Waals surface area (Å²) in [4.78, 5) is 8.10. The predicted molar refractivity (Wildman–Crippen MR) is 68.3 cm³/mol. The van der Waals surface area contributed by atoms with E-state index < -0.39 is 0 Å². The van der Waals surface area contributed by atoms with Gasteiger partial charge in [0.2, 0.25) is 0 Å². The van der Waals surface area contributed by atoms with E-state index in [1.54, 1.807) is 20.4 Å². The molecule has 0 N–H and O–H groups in total. The summed E-state index contributed by atoms with van der Waals surface area (Å²) in [6.45, 7) is 0. The summed E-state index contributed by atoms with van der Waals surface area (Å²) in [5.74, 6) is 1.46. The highest BCUT2D eigenvalue weighted by Crippen LogP contribution is 2.32. The van der Waals surface area contributed by atoms with Gasteiger partial charge in [-0.2, -0.15) is 0 Å². The molecule has 0 saturated heterocycles. The summed E-state index contributed by atoms with van der Waals surface area (Å²) in [6.07, 6.45) is 3.23. The first-order chi connectivity index (χ1) is 8.24. The van der Waals surface area contributed by atoms with Gasteiger partial charge in [-0.05, 0) is 33.6 Å². The van der Waals surface area contributed by atoms with E-state index in [1.807, 2.05) is 18.2 Å². The average Bonchev–Trinajstić information content (AvgIpc) is 2.38. The van der Waals surface area contributed by atoms with Crippen LogP contribution in [0.4, 0.5) is 0 Å². The van der Waals surface area contributed by atoms with Crippen molar-refractivity contribution >= 4 is 15.9 Å². The van der Waals surface area contributed by atoms with Crippen LogP contribution in [0.2, 0.25) is 0 Å². The highest BCUT2D eigenvalue weighted by atomic mass is 79.9. The van der Waals surface area contributed by atoms with E-state index in [-0.39, 0.29) is 0 Å². The Balaban J connectivity index is 2.55. The van der Waals surface area contributed by atoms with Crippen LogP contribution in [0.1, 0.15) is 0 Å². The van der Waals surface area contributed by atoms with E-state index in [4.69, 9.17) is 9.47 Å². The summed E-state index contributed by atoms with van der Waals surface area (Å²) in [5, 5.41) is 0. The Hall–Kier alpha value is -1.62. The second kappa shape index (κ2) is 5.14. The van der Waals surface area contributed by atoms with Gasteiger partial charge >= 0.3 is 0 Å². The van der Waals surface area contributed by atoms with Gasteiger partial charge in [0.25, 0.3) is 0 Å². The molecular formula is C12H11BrN2O2. The van der Waals surface area contributed by atoms with E-state index in [2.05, 4.69) is 25.9 Å². The molecule has 0 amide bonds. The summed E-state index contributed by atoms with van der Waals surface area (Å²) in [5.41, 5.74) is 1.83. The molecule has 5 heteroatoms. The van der Waals surface area contributed by atoms with Crippen molar-refractivity contribution in [3.8, 4) is 22.6 Å². The SMILES string of the molecule is COc1cc(OC)cc(-c2cncnc2Br)c1. The van der Waals surface area contributed by atoms with Crippen molar-refractivity contribution in [1.82, 2.24) is 9.97 Å². The van der Waals surface area contributed by atoms with Crippen LogP contribution >= 0.6 is 15.9 Å². The number of hydrogen-bond acceptors (Lipinski definition) is 4. The predicted octanol–water partition coefficient (Wildman–Crippen LogP) is 2.92. The first kappa shape index (κ1) is 11.9. The zero-order valence-electron chi connectivity index (χ0n) is 9.48. The smallest absolute Gasteiger partial charge is 0.123 e. The maximum atomic E-state index is 5.22. The Morgan fingerprint density at radius 1 is 1.06 bits per heavy atom. The Morgan fingerprint density at radius 2 is 1.71 bits per heavy atom. The van der Waals surface area contributed by atoms with Gasteiger partial charge in [0, 0.05) is 17.8 Å². The molecule has 1 heterocycles. The van der Waals surface area contributed by atoms with Gasteiger partial charge in [0.15, 0.2) is 0 Å². The number of rotatable bonds is 3. The van der Waals surface area contributed by atoms with Crippen LogP contribution in [0.5, 0.6) is 11.5 Å². The first-order valence-corrected chi connectivity index (χ1v) is 5.73. The van der Waals surface area contributed by atoms with Gasteiger partial charge in [-0.1, -0.05) is 0 Å². The van der Waals surface area contributed by atoms with Crippen molar-refractivity contribution in [1.29, 1.82) is 0 Å². The van der Waals surface area contributed by atoms with Gasteiger partial charge in [0.05, 0.1) is 14.2 Å². The van der Waals surface area contributed by atoms with Crippen molar-refractivity contribution in [3.05, 3.63) is 35.3 Å². The molecule has 0 atom stereocenters. The van der Waals surface area contributed by atoms with Crippen molar-refractivity contribution in [2.24, 2.45) is 0 Å². The molecule has 0 bridgehead atoms. The van der Waals surface area contributed by atoms with Gasteiger partial charge in [-0.25, -0.2) is 9.97 Å². The number of nitrogens with zero attached hydrogens (tertiary/aromatic N) is 2. The van der Waals surface area contributed by atoms with Crippen LogP contribution in [0.25, 0.3) is 11.1 Å². The second-order valence-corrected chi connectivity index (χ2v) is 4.08. The monoisotopic (exact) mass is 294 g/mol. The lowest BCUT2D eigenvalue weighted by Gasteiger charge is -2.09. The Bertz CT molecular complexity index is 509.